The topological polar surface area (TPSA) is 35.5 Å². The Morgan fingerprint density at radius 3 is 2.75 bits per heavy atom. The van der Waals surface area contributed by atoms with Crippen molar-refractivity contribution < 1.29 is 14.3 Å². The fourth-order valence-electron chi connectivity index (χ4n) is 1.24. The number of carbonyl (C=O) groups is 1. The minimum Gasteiger partial charge on any atom is -0.479 e. The Hall–Kier alpha value is -1.22. The van der Waals surface area contributed by atoms with Gasteiger partial charge in [-0.15, -0.1) is 0 Å². The zero-order valence-corrected chi connectivity index (χ0v) is 10.2. The molecule has 0 aliphatic carbocycles. The molecule has 1 rings (SSSR count). The van der Waals surface area contributed by atoms with Gasteiger partial charge in [0.1, 0.15) is 5.75 Å². The van der Waals surface area contributed by atoms with Crippen LogP contribution in [-0.2, 0) is 9.53 Å². The van der Waals surface area contributed by atoms with E-state index in [1.54, 1.807) is 31.2 Å². The van der Waals surface area contributed by atoms with Crippen LogP contribution in [0.2, 0.25) is 5.02 Å². The normalized spacial score (nSPS) is 11.9. The van der Waals surface area contributed by atoms with E-state index in [9.17, 15) is 4.79 Å². The van der Waals surface area contributed by atoms with Crippen LogP contribution in [0.3, 0.4) is 0 Å². The average molecular weight is 243 g/mol. The van der Waals surface area contributed by atoms with Crippen molar-refractivity contribution in [3.05, 3.63) is 29.3 Å². The lowest BCUT2D eigenvalue weighted by Gasteiger charge is -2.15. The Morgan fingerprint density at radius 2 is 2.19 bits per heavy atom. The van der Waals surface area contributed by atoms with Crippen LogP contribution in [0.5, 0.6) is 5.75 Å². The highest BCUT2D eigenvalue weighted by molar-refractivity contribution is 6.30. The first-order valence-electron chi connectivity index (χ1n) is 5.26. The van der Waals surface area contributed by atoms with Crippen LogP contribution in [0.25, 0.3) is 0 Å². The molecule has 0 radical (unpaired) electrons. The molecule has 1 atom stereocenters. The third-order valence-electron chi connectivity index (χ3n) is 1.99. The first-order chi connectivity index (χ1) is 7.67. The Bertz CT molecular complexity index is 352. The van der Waals surface area contributed by atoms with Crippen molar-refractivity contribution >= 4 is 17.6 Å². The summed E-state index contributed by atoms with van der Waals surface area (Å²) in [5.41, 5.74) is 0. The summed E-state index contributed by atoms with van der Waals surface area (Å²) in [6.45, 7) is 3.99. The Labute approximate surface area is 100 Å². The standard InChI is InChI=1S/C12H15ClO3/c1-3-11(12(14)15-4-2)16-10-7-5-6-9(13)8-10/h5-8,11H,3-4H2,1-2H3/t11-/m1/s1. The van der Waals surface area contributed by atoms with E-state index in [2.05, 4.69) is 0 Å². The lowest BCUT2D eigenvalue weighted by molar-refractivity contribution is -0.151. The molecule has 4 heteroatoms. The summed E-state index contributed by atoms with van der Waals surface area (Å²) in [5, 5.41) is 0.580. The van der Waals surface area contributed by atoms with Gasteiger partial charge in [0.15, 0.2) is 6.10 Å². The number of carbonyl (C=O) groups excluding carboxylic acids is 1. The van der Waals surface area contributed by atoms with E-state index in [1.165, 1.54) is 0 Å². The molecule has 0 N–H and O–H groups in total. The minimum absolute atomic E-state index is 0.343. The van der Waals surface area contributed by atoms with E-state index >= 15 is 0 Å². The van der Waals surface area contributed by atoms with Crippen molar-refractivity contribution in [2.45, 2.75) is 26.4 Å². The number of rotatable bonds is 5. The molecule has 0 aromatic heterocycles. The van der Waals surface area contributed by atoms with Crippen LogP contribution in [0, 0.1) is 0 Å². The maximum atomic E-state index is 11.5. The zero-order valence-electron chi connectivity index (χ0n) is 9.40. The number of ether oxygens (including phenoxy) is 2. The average Bonchev–Trinajstić information content (AvgIpc) is 2.26. The molecular formula is C12H15ClO3. The van der Waals surface area contributed by atoms with E-state index in [-0.39, 0.29) is 5.97 Å². The summed E-state index contributed by atoms with van der Waals surface area (Å²) in [6.07, 6.45) is -0.0101. The predicted octanol–water partition coefficient (Wildman–Crippen LogP) is 3.06. The molecule has 0 amide bonds. The van der Waals surface area contributed by atoms with Crippen LogP contribution in [-0.4, -0.2) is 18.7 Å². The minimum atomic E-state index is -0.571. The predicted molar refractivity (Wildman–Crippen MR) is 62.8 cm³/mol. The van der Waals surface area contributed by atoms with Gasteiger partial charge in [0.05, 0.1) is 6.61 Å². The van der Waals surface area contributed by atoms with E-state index in [0.717, 1.165) is 0 Å². The lowest BCUT2D eigenvalue weighted by Crippen LogP contribution is -2.28. The van der Waals surface area contributed by atoms with Gasteiger partial charge >= 0.3 is 5.97 Å². The Kier molecular flexibility index (Phi) is 5.12. The van der Waals surface area contributed by atoms with Crippen molar-refractivity contribution in [1.82, 2.24) is 0 Å². The van der Waals surface area contributed by atoms with Gasteiger partial charge in [0.25, 0.3) is 0 Å². The summed E-state index contributed by atoms with van der Waals surface area (Å²) in [4.78, 5) is 11.5. The number of benzene rings is 1. The maximum absolute atomic E-state index is 11.5. The number of hydrogen-bond acceptors (Lipinski definition) is 3. The maximum Gasteiger partial charge on any atom is 0.347 e. The molecule has 0 heterocycles. The number of esters is 1. The fourth-order valence-corrected chi connectivity index (χ4v) is 1.42. The largest absolute Gasteiger partial charge is 0.479 e. The van der Waals surface area contributed by atoms with E-state index in [1.807, 2.05) is 6.92 Å². The van der Waals surface area contributed by atoms with Gasteiger partial charge < -0.3 is 9.47 Å². The third-order valence-corrected chi connectivity index (χ3v) is 2.23. The molecule has 0 fully saturated rings. The number of hydrogen-bond donors (Lipinski definition) is 0. The number of halogens is 1. The van der Waals surface area contributed by atoms with Gasteiger partial charge in [0, 0.05) is 5.02 Å². The monoisotopic (exact) mass is 242 g/mol. The zero-order chi connectivity index (χ0) is 12.0. The first-order valence-corrected chi connectivity index (χ1v) is 5.64. The lowest BCUT2D eigenvalue weighted by atomic mass is 10.2. The second kappa shape index (κ2) is 6.38. The second-order valence-corrected chi connectivity index (χ2v) is 3.66. The molecule has 0 aliphatic heterocycles. The van der Waals surface area contributed by atoms with E-state index in [4.69, 9.17) is 21.1 Å². The first kappa shape index (κ1) is 12.8. The van der Waals surface area contributed by atoms with Gasteiger partial charge in [-0.25, -0.2) is 4.79 Å². The van der Waals surface area contributed by atoms with Crippen molar-refractivity contribution in [3.8, 4) is 5.75 Å². The van der Waals surface area contributed by atoms with E-state index < -0.39 is 6.10 Å². The quantitative estimate of drug-likeness (QED) is 0.745. The molecule has 0 unspecified atom stereocenters. The van der Waals surface area contributed by atoms with Crippen LogP contribution >= 0.6 is 11.6 Å². The Balaban J connectivity index is 2.66. The van der Waals surface area contributed by atoms with Crippen LogP contribution in [0.4, 0.5) is 0 Å². The van der Waals surface area contributed by atoms with Crippen molar-refractivity contribution in [2.24, 2.45) is 0 Å². The molecule has 16 heavy (non-hydrogen) atoms. The van der Waals surface area contributed by atoms with Gasteiger partial charge in [0.2, 0.25) is 0 Å². The molecular weight excluding hydrogens is 228 g/mol. The summed E-state index contributed by atoms with van der Waals surface area (Å²) >= 11 is 5.82. The molecule has 0 bridgehead atoms. The van der Waals surface area contributed by atoms with Gasteiger partial charge in [-0.2, -0.15) is 0 Å². The van der Waals surface area contributed by atoms with Gasteiger partial charge in [-0.3, -0.25) is 0 Å². The van der Waals surface area contributed by atoms with Crippen molar-refractivity contribution in [2.75, 3.05) is 6.61 Å². The summed E-state index contributed by atoms with van der Waals surface area (Å²) in [5.74, 6) is 0.234. The molecule has 1 aromatic carbocycles. The highest BCUT2D eigenvalue weighted by Gasteiger charge is 2.19. The Morgan fingerprint density at radius 1 is 1.44 bits per heavy atom. The van der Waals surface area contributed by atoms with Crippen molar-refractivity contribution in [3.63, 3.8) is 0 Å². The molecule has 0 aliphatic rings. The van der Waals surface area contributed by atoms with Gasteiger partial charge in [-0.1, -0.05) is 24.6 Å². The smallest absolute Gasteiger partial charge is 0.347 e. The third kappa shape index (κ3) is 3.74. The molecule has 88 valence electrons. The molecule has 0 saturated carbocycles. The summed E-state index contributed by atoms with van der Waals surface area (Å²) in [7, 11) is 0. The van der Waals surface area contributed by atoms with Gasteiger partial charge in [-0.05, 0) is 31.5 Å². The van der Waals surface area contributed by atoms with Crippen molar-refractivity contribution in [1.29, 1.82) is 0 Å². The summed E-state index contributed by atoms with van der Waals surface area (Å²) in [6, 6.07) is 6.95. The van der Waals surface area contributed by atoms with E-state index in [0.29, 0.717) is 23.8 Å². The molecule has 1 aromatic rings. The molecule has 0 saturated heterocycles. The van der Waals surface area contributed by atoms with Crippen LogP contribution < -0.4 is 4.74 Å². The second-order valence-electron chi connectivity index (χ2n) is 3.22. The van der Waals surface area contributed by atoms with Crippen LogP contribution in [0.1, 0.15) is 20.3 Å². The SMILES string of the molecule is CCOC(=O)[C@@H](CC)Oc1cccc(Cl)c1. The fraction of sp³-hybridized carbons (Fsp3) is 0.417. The molecule has 3 nitrogen and oxygen atoms in total. The highest BCUT2D eigenvalue weighted by atomic mass is 35.5. The summed E-state index contributed by atoms with van der Waals surface area (Å²) < 4.78 is 10.4. The highest BCUT2D eigenvalue weighted by Crippen LogP contribution is 2.19. The van der Waals surface area contributed by atoms with Crippen LogP contribution in [0.15, 0.2) is 24.3 Å². The molecule has 0 spiro atoms.